The van der Waals surface area contributed by atoms with E-state index in [9.17, 15) is 4.39 Å². The summed E-state index contributed by atoms with van der Waals surface area (Å²) < 4.78 is 15.5. The van der Waals surface area contributed by atoms with Gasteiger partial charge in [0.2, 0.25) is 0 Å². The van der Waals surface area contributed by atoms with Crippen LogP contribution in [0.15, 0.2) is 42.5 Å². The lowest BCUT2D eigenvalue weighted by atomic mass is 10.1. The molecule has 2 heterocycles. The number of hydrogen-bond donors (Lipinski definition) is 1. The lowest BCUT2D eigenvalue weighted by molar-refractivity contribution is -0.619. The Morgan fingerprint density at radius 2 is 1.91 bits per heavy atom. The van der Waals surface area contributed by atoms with Gasteiger partial charge in [-0.2, -0.15) is 5.26 Å². The summed E-state index contributed by atoms with van der Waals surface area (Å²) in [6.45, 7) is 0. The molecule has 108 valence electrons. The Balaban J connectivity index is 0.00000144. The normalized spacial score (nSPS) is 10.8. The Kier molecular flexibility index (Phi) is 3.23. The minimum absolute atomic E-state index is 0. The fraction of sp³-hybridized carbons (Fsp3) is 0.0588. The molecule has 0 bridgehead atoms. The molecule has 2 aromatic heterocycles. The van der Waals surface area contributed by atoms with Gasteiger partial charge in [0.25, 0.3) is 5.65 Å². The van der Waals surface area contributed by atoms with E-state index in [0.717, 1.165) is 32.8 Å². The molecule has 0 fully saturated rings. The van der Waals surface area contributed by atoms with E-state index in [2.05, 4.69) is 11.1 Å². The fourth-order valence-electron chi connectivity index (χ4n) is 2.90. The molecule has 5 heteroatoms. The van der Waals surface area contributed by atoms with E-state index >= 15 is 0 Å². The smallest absolute Gasteiger partial charge is 0.287 e. The maximum absolute atomic E-state index is 13.5. The van der Waals surface area contributed by atoms with E-state index in [1.165, 1.54) is 12.1 Å². The van der Waals surface area contributed by atoms with Crippen molar-refractivity contribution in [1.29, 1.82) is 5.26 Å². The van der Waals surface area contributed by atoms with Crippen LogP contribution in [0.1, 0.15) is 5.56 Å². The quantitative estimate of drug-likeness (QED) is 0.467. The molecule has 0 saturated heterocycles. The molecule has 2 aromatic carbocycles. The maximum Gasteiger partial charge on any atom is 0.287 e. The molecule has 0 aliphatic heterocycles. The van der Waals surface area contributed by atoms with Crippen LogP contribution in [-0.4, -0.2) is 4.98 Å². The van der Waals surface area contributed by atoms with Crippen molar-refractivity contribution in [2.75, 3.05) is 0 Å². The number of benzene rings is 2. The minimum atomic E-state index is -0.251. The van der Waals surface area contributed by atoms with Gasteiger partial charge in [0.15, 0.2) is 0 Å². The molecule has 22 heavy (non-hydrogen) atoms. The van der Waals surface area contributed by atoms with Gasteiger partial charge in [-0.15, -0.1) is 0 Å². The van der Waals surface area contributed by atoms with Crippen LogP contribution < -0.4 is 17.0 Å². The van der Waals surface area contributed by atoms with Crippen molar-refractivity contribution in [3.8, 4) is 6.07 Å². The topological polar surface area (TPSA) is 43.5 Å². The van der Waals surface area contributed by atoms with E-state index in [-0.39, 0.29) is 18.2 Å². The molecule has 4 aromatic rings. The second-order valence-electron chi connectivity index (χ2n) is 5.17. The summed E-state index contributed by atoms with van der Waals surface area (Å²) in [4.78, 5) is 3.36. The third-order valence-electron chi connectivity index (χ3n) is 3.93. The minimum Gasteiger partial charge on any atom is -1.00 e. The van der Waals surface area contributed by atoms with Crippen LogP contribution in [0, 0.1) is 17.1 Å². The third kappa shape index (κ3) is 1.91. The number of aromatic amines is 1. The average molecular weight is 312 g/mol. The number of aryl methyl sites for hydroxylation is 1. The molecule has 0 unspecified atom stereocenters. The predicted octanol–water partition coefficient (Wildman–Crippen LogP) is 0.314. The van der Waals surface area contributed by atoms with Gasteiger partial charge in [0.05, 0.1) is 24.1 Å². The van der Waals surface area contributed by atoms with E-state index in [0.29, 0.717) is 5.56 Å². The van der Waals surface area contributed by atoms with Gasteiger partial charge in [-0.05, 0) is 42.5 Å². The lowest BCUT2D eigenvalue weighted by Gasteiger charge is -2.01. The van der Waals surface area contributed by atoms with Crippen molar-refractivity contribution in [2.45, 2.75) is 0 Å². The largest absolute Gasteiger partial charge is 1.00 e. The Morgan fingerprint density at radius 1 is 1.09 bits per heavy atom. The molecule has 0 radical (unpaired) electrons. The highest BCUT2D eigenvalue weighted by molar-refractivity contribution is 6.07. The van der Waals surface area contributed by atoms with E-state index in [1.54, 1.807) is 12.1 Å². The van der Waals surface area contributed by atoms with E-state index in [1.807, 2.05) is 29.8 Å². The number of nitriles is 1. The summed E-state index contributed by atoms with van der Waals surface area (Å²) in [6, 6.07) is 14.4. The first-order valence-corrected chi connectivity index (χ1v) is 6.61. The van der Waals surface area contributed by atoms with Crippen LogP contribution in [0.5, 0.6) is 0 Å². The standard InChI is InChI=1S/C17H10FN3.ClH/c1-21-16-5-3-12(18)7-11(16)8-14-13-6-10(9-19)2-4-15(13)20-17(14)21;/h2-8H,1H3;1H. The fourth-order valence-corrected chi connectivity index (χ4v) is 2.90. The van der Waals surface area contributed by atoms with Crippen LogP contribution >= 0.6 is 0 Å². The van der Waals surface area contributed by atoms with E-state index in [4.69, 9.17) is 5.26 Å². The van der Waals surface area contributed by atoms with Gasteiger partial charge in [0.1, 0.15) is 16.9 Å². The van der Waals surface area contributed by atoms with Crippen molar-refractivity contribution < 1.29 is 21.4 Å². The number of nitrogens with one attached hydrogen (secondary N) is 1. The zero-order valence-electron chi connectivity index (χ0n) is 11.7. The summed E-state index contributed by atoms with van der Waals surface area (Å²) in [5, 5.41) is 11.9. The lowest BCUT2D eigenvalue weighted by Crippen LogP contribution is -3.00. The number of aromatic nitrogens is 2. The molecule has 0 aliphatic rings. The number of rotatable bonds is 0. The van der Waals surface area contributed by atoms with Gasteiger partial charge in [0, 0.05) is 10.8 Å². The zero-order valence-corrected chi connectivity index (χ0v) is 12.4. The monoisotopic (exact) mass is 311 g/mol. The average Bonchev–Trinajstić information content (AvgIpc) is 2.85. The highest BCUT2D eigenvalue weighted by atomic mass is 35.5. The number of nitrogens with zero attached hydrogens (tertiary/aromatic N) is 2. The van der Waals surface area contributed by atoms with Gasteiger partial charge in [-0.3, -0.25) is 0 Å². The molecular weight excluding hydrogens is 301 g/mol. The van der Waals surface area contributed by atoms with Gasteiger partial charge in [-0.1, -0.05) is 0 Å². The van der Waals surface area contributed by atoms with Crippen LogP contribution in [0.4, 0.5) is 4.39 Å². The zero-order chi connectivity index (χ0) is 14.6. The first-order valence-electron chi connectivity index (χ1n) is 6.61. The highest BCUT2D eigenvalue weighted by Crippen LogP contribution is 2.27. The van der Waals surface area contributed by atoms with Crippen molar-refractivity contribution in [3.05, 3.63) is 53.8 Å². The predicted molar refractivity (Wildman–Crippen MR) is 79.2 cm³/mol. The van der Waals surface area contributed by atoms with Crippen LogP contribution in [-0.2, 0) is 7.05 Å². The van der Waals surface area contributed by atoms with Crippen molar-refractivity contribution in [1.82, 2.24) is 4.98 Å². The van der Waals surface area contributed by atoms with Gasteiger partial charge >= 0.3 is 0 Å². The van der Waals surface area contributed by atoms with E-state index < -0.39 is 0 Å². The highest BCUT2D eigenvalue weighted by Gasteiger charge is 2.16. The Hall–Kier alpha value is -2.64. The van der Waals surface area contributed by atoms with Crippen molar-refractivity contribution >= 4 is 32.8 Å². The number of hydrogen-bond acceptors (Lipinski definition) is 1. The number of H-pyrrole nitrogens is 1. The second-order valence-corrected chi connectivity index (χ2v) is 5.17. The second kappa shape index (κ2) is 4.97. The molecule has 3 nitrogen and oxygen atoms in total. The first-order chi connectivity index (χ1) is 10.2. The van der Waals surface area contributed by atoms with Gasteiger partial charge in [-0.25, -0.2) is 13.9 Å². The molecular formula is C17H11ClFN3. The molecule has 1 N–H and O–H groups in total. The summed E-state index contributed by atoms with van der Waals surface area (Å²) in [5.74, 6) is -0.251. The molecule has 0 atom stereocenters. The summed E-state index contributed by atoms with van der Waals surface area (Å²) in [5.41, 5.74) is 3.50. The summed E-state index contributed by atoms with van der Waals surface area (Å²) in [7, 11) is 1.95. The Bertz CT molecular complexity index is 1080. The summed E-state index contributed by atoms with van der Waals surface area (Å²) in [6.07, 6.45) is 0. The summed E-state index contributed by atoms with van der Waals surface area (Å²) >= 11 is 0. The number of pyridine rings is 1. The van der Waals surface area contributed by atoms with Crippen LogP contribution in [0.2, 0.25) is 0 Å². The Labute approximate surface area is 132 Å². The SMILES string of the molecule is C[n+]1c2ccc(F)cc2cc2c3cc(C#N)ccc3[nH]c21.[Cl-]. The molecule has 0 aliphatic carbocycles. The van der Waals surface area contributed by atoms with Crippen LogP contribution in [0.3, 0.4) is 0 Å². The molecule has 0 saturated carbocycles. The molecule has 0 spiro atoms. The Morgan fingerprint density at radius 3 is 2.68 bits per heavy atom. The van der Waals surface area contributed by atoms with Crippen molar-refractivity contribution in [2.24, 2.45) is 7.05 Å². The third-order valence-corrected chi connectivity index (χ3v) is 3.93. The molecule has 0 amide bonds. The van der Waals surface area contributed by atoms with Crippen LogP contribution in [0.25, 0.3) is 32.8 Å². The maximum atomic E-state index is 13.5. The van der Waals surface area contributed by atoms with Crippen molar-refractivity contribution in [3.63, 3.8) is 0 Å². The number of halogens is 2. The van der Waals surface area contributed by atoms with Gasteiger partial charge < -0.3 is 12.4 Å². The first kappa shape index (κ1) is 14.3. The number of fused-ring (bicyclic) bond motifs is 4. The molecule has 4 rings (SSSR count).